The van der Waals surface area contributed by atoms with Crippen molar-refractivity contribution in [2.45, 2.75) is 44.2 Å². The average molecular weight is 220 g/mol. The van der Waals surface area contributed by atoms with Crippen LogP contribution in [0.15, 0.2) is 24.5 Å². The largest absolute Gasteiger partial charge is 0.374 e. The molecule has 88 valence electrons. The normalized spacial score (nSPS) is 28.9. The van der Waals surface area contributed by atoms with Gasteiger partial charge in [-0.1, -0.05) is 6.92 Å². The lowest BCUT2D eigenvalue weighted by atomic mass is 9.82. The molecule has 0 aromatic carbocycles. The first-order chi connectivity index (χ1) is 7.63. The minimum absolute atomic E-state index is 0.0393. The predicted molar refractivity (Wildman–Crippen MR) is 64.2 cm³/mol. The van der Waals surface area contributed by atoms with E-state index in [2.05, 4.69) is 18.8 Å². The molecule has 1 saturated heterocycles. The van der Waals surface area contributed by atoms with Gasteiger partial charge in [0, 0.05) is 25.0 Å². The summed E-state index contributed by atoms with van der Waals surface area (Å²) in [6.07, 6.45) is 5.81. The van der Waals surface area contributed by atoms with Crippen molar-refractivity contribution in [3.63, 3.8) is 0 Å². The summed E-state index contributed by atoms with van der Waals surface area (Å²) < 4.78 is 5.80. The van der Waals surface area contributed by atoms with Crippen LogP contribution in [0.4, 0.5) is 0 Å². The second-order valence-corrected chi connectivity index (χ2v) is 4.86. The SMILES string of the molecule is CC(c1ccncc1)C(N)C1(C)CCCO1. The number of hydrogen-bond donors (Lipinski definition) is 1. The van der Waals surface area contributed by atoms with E-state index < -0.39 is 0 Å². The van der Waals surface area contributed by atoms with Crippen molar-refractivity contribution < 1.29 is 4.74 Å². The third-order valence-electron chi connectivity index (χ3n) is 3.72. The predicted octanol–water partition coefficient (Wildman–Crippen LogP) is 2.08. The van der Waals surface area contributed by atoms with Gasteiger partial charge in [-0.2, -0.15) is 0 Å². The first kappa shape index (κ1) is 11.6. The number of aromatic nitrogens is 1. The van der Waals surface area contributed by atoms with Gasteiger partial charge < -0.3 is 10.5 Å². The minimum Gasteiger partial charge on any atom is -0.374 e. The Hall–Kier alpha value is -0.930. The van der Waals surface area contributed by atoms with Crippen LogP contribution in [0, 0.1) is 0 Å². The van der Waals surface area contributed by atoms with Crippen LogP contribution in [0.5, 0.6) is 0 Å². The molecule has 3 nitrogen and oxygen atoms in total. The van der Waals surface area contributed by atoms with Crippen LogP contribution in [0.25, 0.3) is 0 Å². The molecule has 1 aromatic heterocycles. The summed E-state index contributed by atoms with van der Waals surface area (Å²) in [5, 5.41) is 0. The molecule has 3 atom stereocenters. The molecule has 3 unspecified atom stereocenters. The van der Waals surface area contributed by atoms with Crippen molar-refractivity contribution in [1.29, 1.82) is 0 Å². The third-order valence-corrected chi connectivity index (χ3v) is 3.72. The van der Waals surface area contributed by atoms with Gasteiger partial charge in [0.2, 0.25) is 0 Å². The Bertz CT molecular complexity index is 333. The molecule has 0 bridgehead atoms. The van der Waals surface area contributed by atoms with E-state index >= 15 is 0 Å². The quantitative estimate of drug-likeness (QED) is 0.848. The smallest absolute Gasteiger partial charge is 0.0811 e. The average Bonchev–Trinajstić information content (AvgIpc) is 2.77. The van der Waals surface area contributed by atoms with Gasteiger partial charge in [-0.25, -0.2) is 0 Å². The van der Waals surface area contributed by atoms with E-state index in [1.54, 1.807) is 0 Å². The highest BCUT2D eigenvalue weighted by atomic mass is 16.5. The lowest BCUT2D eigenvalue weighted by Crippen LogP contribution is -2.48. The van der Waals surface area contributed by atoms with Gasteiger partial charge in [-0.05, 0) is 43.4 Å². The molecule has 1 aromatic rings. The van der Waals surface area contributed by atoms with E-state index in [-0.39, 0.29) is 11.6 Å². The van der Waals surface area contributed by atoms with Crippen LogP contribution in [-0.4, -0.2) is 23.2 Å². The van der Waals surface area contributed by atoms with Gasteiger partial charge in [-0.3, -0.25) is 4.98 Å². The molecule has 0 aliphatic carbocycles. The first-order valence-corrected chi connectivity index (χ1v) is 5.93. The maximum Gasteiger partial charge on any atom is 0.0811 e. The lowest BCUT2D eigenvalue weighted by molar-refractivity contribution is -0.00665. The Morgan fingerprint density at radius 1 is 1.44 bits per heavy atom. The Kier molecular flexibility index (Phi) is 3.26. The number of nitrogens with zero attached hydrogens (tertiary/aromatic N) is 1. The van der Waals surface area contributed by atoms with Crippen molar-refractivity contribution in [3.05, 3.63) is 30.1 Å². The van der Waals surface area contributed by atoms with E-state index in [0.717, 1.165) is 19.4 Å². The number of rotatable bonds is 3. The Labute approximate surface area is 97.0 Å². The Morgan fingerprint density at radius 3 is 2.69 bits per heavy atom. The highest BCUT2D eigenvalue weighted by Gasteiger charge is 2.39. The zero-order valence-corrected chi connectivity index (χ0v) is 10.0. The van der Waals surface area contributed by atoms with Crippen LogP contribution in [0.2, 0.25) is 0 Å². The monoisotopic (exact) mass is 220 g/mol. The van der Waals surface area contributed by atoms with Crippen LogP contribution < -0.4 is 5.73 Å². The van der Waals surface area contributed by atoms with E-state index in [4.69, 9.17) is 10.5 Å². The van der Waals surface area contributed by atoms with Crippen molar-refractivity contribution in [3.8, 4) is 0 Å². The van der Waals surface area contributed by atoms with E-state index in [9.17, 15) is 0 Å². The van der Waals surface area contributed by atoms with Crippen LogP contribution in [0.1, 0.15) is 38.2 Å². The number of ether oxygens (including phenoxy) is 1. The summed E-state index contributed by atoms with van der Waals surface area (Å²) in [7, 11) is 0. The summed E-state index contributed by atoms with van der Waals surface area (Å²) >= 11 is 0. The van der Waals surface area contributed by atoms with Gasteiger partial charge in [0.05, 0.1) is 5.60 Å². The fourth-order valence-electron chi connectivity index (χ4n) is 2.47. The van der Waals surface area contributed by atoms with E-state index in [0.29, 0.717) is 5.92 Å². The second-order valence-electron chi connectivity index (χ2n) is 4.86. The van der Waals surface area contributed by atoms with Gasteiger partial charge >= 0.3 is 0 Å². The summed E-state index contributed by atoms with van der Waals surface area (Å²) in [6, 6.07) is 4.10. The Morgan fingerprint density at radius 2 is 2.12 bits per heavy atom. The lowest BCUT2D eigenvalue weighted by Gasteiger charge is -2.34. The molecule has 2 heterocycles. The van der Waals surface area contributed by atoms with Crippen LogP contribution >= 0.6 is 0 Å². The minimum atomic E-state index is -0.164. The highest BCUT2D eigenvalue weighted by Crippen LogP contribution is 2.34. The molecule has 16 heavy (non-hydrogen) atoms. The van der Waals surface area contributed by atoms with Gasteiger partial charge in [0.15, 0.2) is 0 Å². The van der Waals surface area contributed by atoms with Crippen molar-refractivity contribution in [2.24, 2.45) is 5.73 Å². The van der Waals surface area contributed by atoms with E-state index in [1.165, 1.54) is 5.56 Å². The van der Waals surface area contributed by atoms with Crippen molar-refractivity contribution in [1.82, 2.24) is 4.98 Å². The number of pyridine rings is 1. The van der Waals surface area contributed by atoms with Crippen molar-refractivity contribution in [2.75, 3.05) is 6.61 Å². The Balaban J connectivity index is 2.13. The van der Waals surface area contributed by atoms with Crippen LogP contribution in [0.3, 0.4) is 0 Å². The molecule has 1 aliphatic rings. The topological polar surface area (TPSA) is 48.1 Å². The fraction of sp³-hybridized carbons (Fsp3) is 0.615. The molecule has 0 amide bonds. The molecular weight excluding hydrogens is 200 g/mol. The molecule has 1 aliphatic heterocycles. The molecule has 0 saturated carbocycles. The second kappa shape index (κ2) is 4.52. The highest BCUT2D eigenvalue weighted by molar-refractivity contribution is 5.19. The van der Waals surface area contributed by atoms with Crippen LogP contribution in [-0.2, 0) is 4.74 Å². The standard InChI is InChI=1S/C13H20N2O/c1-10(11-4-7-15-8-5-11)12(14)13(2)6-3-9-16-13/h4-5,7-8,10,12H,3,6,9,14H2,1-2H3. The summed E-state index contributed by atoms with van der Waals surface area (Å²) in [5.41, 5.74) is 7.41. The van der Waals surface area contributed by atoms with Crippen molar-refractivity contribution >= 4 is 0 Å². The maximum absolute atomic E-state index is 6.34. The summed E-state index contributed by atoms with van der Waals surface area (Å²) in [5.74, 6) is 0.297. The summed E-state index contributed by atoms with van der Waals surface area (Å²) in [4.78, 5) is 4.03. The molecule has 0 spiro atoms. The number of hydrogen-bond acceptors (Lipinski definition) is 3. The zero-order valence-electron chi connectivity index (χ0n) is 10.0. The molecular formula is C13H20N2O. The number of nitrogens with two attached hydrogens (primary N) is 1. The molecule has 2 N–H and O–H groups in total. The maximum atomic E-state index is 6.34. The van der Waals surface area contributed by atoms with E-state index in [1.807, 2.05) is 24.5 Å². The zero-order chi connectivity index (χ0) is 11.6. The first-order valence-electron chi connectivity index (χ1n) is 5.93. The molecule has 0 radical (unpaired) electrons. The molecule has 1 fully saturated rings. The van der Waals surface area contributed by atoms with Gasteiger partial charge in [-0.15, -0.1) is 0 Å². The molecule has 2 rings (SSSR count). The fourth-order valence-corrected chi connectivity index (χ4v) is 2.47. The van der Waals surface area contributed by atoms with Gasteiger partial charge in [0.25, 0.3) is 0 Å². The third kappa shape index (κ3) is 2.11. The van der Waals surface area contributed by atoms with Gasteiger partial charge in [0.1, 0.15) is 0 Å². The molecule has 3 heteroatoms. The summed E-state index contributed by atoms with van der Waals surface area (Å²) in [6.45, 7) is 5.13.